The van der Waals surface area contributed by atoms with Crippen LogP contribution < -0.4 is 10.6 Å². The summed E-state index contributed by atoms with van der Waals surface area (Å²) in [6, 6.07) is 7.79. The monoisotopic (exact) mass is 359 g/mol. The average Bonchev–Trinajstić information content (AvgIpc) is 2.65. The lowest BCUT2D eigenvalue weighted by Crippen LogP contribution is -2.36. The van der Waals surface area contributed by atoms with Crippen molar-refractivity contribution in [1.29, 1.82) is 0 Å². The Balaban J connectivity index is 1.72. The third-order valence-electron chi connectivity index (χ3n) is 4.36. The minimum absolute atomic E-state index is 0.0936. The summed E-state index contributed by atoms with van der Waals surface area (Å²) >= 11 is 0. The molecule has 0 unspecified atom stereocenters. The second-order valence-corrected chi connectivity index (χ2v) is 6.27. The molecule has 1 saturated carbocycles. The van der Waals surface area contributed by atoms with Gasteiger partial charge in [-0.05, 0) is 37.1 Å². The van der Waals surface area contributed by atoms with E-state index < -0.39 is 23.2 Å². The average molecular weight is 359 g/mol. The Morgan fingerprint density at radius 3 is 2.12 bits per heavy atom. The summed E-state index contributed by atoms with van der Waals surface area (Å²) in [5.41, 5.74) is -0.544. The van der Waals surface area contributed by atoms with Gasteiger partial charge in [-0.15, -0.1) is 0 Å². The molecule has 26 heavy (non-hydrogen) atoms. The fourth-order valence-corrected chi connectivity index (χ4v) is 2.99. The lowest BCUT2D eigenvalue weighted by Gasteiger charge is -2.22. The fraction of sp³-hybridized carbons (Fsp3) is 0.316. The summed E-state index contributed by atoms with van der Waals surface area (Å²) in [7, 11) is 0. The Labute approximate surface area is 149 Å². The molecule has 136 valence electrons. The normalized spacial score (nSPS) is 14.7. The van der Waals surface area contributed by atoms with Gasteiger partial charge in [-0.3, -0.25) is 9.59 Å². The number of hydrogen-bond acceptors (Lipinski definition) is 3. The highest BCUT2D eigenvalue weighted by atomic mass is 19.1. The van der Waals surface area contributed by atoms with Crippen LogP contribution in [0.1, 0.15) is 53.1 Å². The van der Waals surface area contributed by atoms with Gasteiger partial charge >= 0.3 is 0 Å². The predicted octanol–water partition coefficient (Wildman–Crippen LogP) is 3.67. The minimum Gasteiger partial charge on any atom is -0.348 e. The molecule has 2 amide bonds. The number of nitrogens with zero attached hydrogens (tertiary/aromatic N) is 1. The van der Waals surface area contributed by atoms with Gasteiger partial charge < -0.3 is 10.6 Å². The van der Waals surface area contributed by atoms with Gasteiger partial charge in [-0.1, -0.05) is 31.4 Å². The molecule has 0 bridgehead atoms. The highest BCUT2D eigenvalue weighted by Crippen LogP contribution is 2.19. The van der Waals surface area contributed by atoms with Gasteiger partial charge in [0.25, 0.3) is 11.8 Å². The molecule has 1 heterocycles. The van der Waals surface area contributed by atoms with E-state index in [-0.39, 0.29) is 23.3 Å². The smallest absolute Gasteiger partial charge is 0.274 e. The molecule has 0 saturated heterocycles. The third-order valence-corrected chi connectivity index (χ3v) is 4.36. The van der Waals surface area contributed by atoms with E-state index in [0.717, 1.165) is 37.8 Å². The number of hydrogen-bond donors (Lipinski definition) is 2. The maximum Gasteiger partial charge on any atom is 0.274 e. The molecule has 0 radical (unpaired) electrons. The molecule has 7 heteroatoms. The number of pyridine rings is 1. The van der Waals surface area contributed by atoms with Crippen LogP contribution in [0.5, 0.6) is 0 Å². The zero-order chi connectivity index (χ0) is 18.5. The molecule has 0 atom stereocenters. The number of carbonyl (C=O) groups excluding carboxylic acids is 2. The van der Waals surface area contributed by atoms with Crippen LogP contribution in [-0.2, 0) is 0 Å². The van der Waals surface area contributed by atoms with Crippen molar-refractivity contribution < 1.29 is 18.4 Å². The SMILES string of the molecule is O=C(Nc1c(F)cccc1F)c1cccc(C(=O)NC2CCCCC2)n1. The summed E-state index contributed by atoms with van der Waals surface area (Å²) < 4.78 is 27.3. The first-order valence-corrected chi connectivity index (χ1v) is 8.58. The molecule has 1 fully saturated rings. The third kappa shape index (κ3) is 4.22. The number of benzene rings is 1. The lowest BCUT2D eigenvalue weighted by atomic mass is 9.95. The topological polar surface area (TPSA) is 71.1 Å². The maximum atomic E-state index is 13.7. The van der Waals surface area contributed by atoms with E-state index in [1.165, 1.54) is 30.7 Å². The van der Waals surface area contributed by atoms with Gasteiger partial charge in [-0.25, -0.2) is 13.8 Å². The van der Waals surface area contributed by atoms with Crippen molar-refractivity contribution in [2.75, 3.05) is 5.32 Å². The molecule has 1 aromatic heterocycles. The second-order valence-electron chi connectivity index (χ2n) is 6.27. The van der Waals surface area contributed by atoms with E-state index in [9.17, 15) is 18.4 Å². The molecule has 1 aromatic carbocycles. The van der Waals surface area contributed by atoms with Crippen molar-refractivity contribution in [3.63, 3.8) is 0 Å². The van der Waals surface area contributed by atoms with Gasteiger partial charge in [0.05, 0.1) is 0 Å². The largest absolute Gasteiger partial charge is 0.348 e. The van der Waals surface area contributed by atoms with Crippen molar-refractivity contribution in [3.05, 3.63) is 59.4 Å². The summed E-state index contributed by atoms with van der Waals surface area (Å²) in [5.74, 6) is -2.92. The highest BCUT2D eigenvalue weighted by Gasteiger charge is 2.19. The maximum absolute atomic E-state index is 13.7. The minimum atomic E-state index is -0.885. The van der Waals surface area contributed by atoms with Crippen molar-refractivity contribution in [1.82, 2.24) is 10.3 Å². The van der Waals surface area contributed by atoms with E-state index in [4.69, 9.17) is 0 Å². The van der Waals surface area contributed by atoms with Crippen LogP contribution in [0.2, 0.25) is 0 Å². The quantitative estimate of drug-likeness (QED) is 0.875. The number of aromatic nitrogens is 1. The lowest BCUT2D eigenvalue weighted by molar-refractivity contribution is 0.0922. The number of halogens is 2. The van der Waals surface area contributed by atoms with E-state index in [1.807, 2.05) is 0 Å². The molecule has 5 nitrogen and oxygen atoms in total. The summed E-state index contributed by atoms with van der Waals surface area (Å²) in [5, 5.41) is 5.08. The van der Waals surface area contributed by atoms with Crippen molar-refractivity contribution in [2.45, 2.75) is 38.1 Å². The number of anilines is 1. The van der Waals surface area contributed by atoms with Crippen molar-refractivity contribution >= 4 is 17.5 Å². The first-order chi connectivity index (χ1) is 12.5. The molecular weight excluding hydrogens is 340 g/mol. The molecule has 3 rings (SSSR count). The van der Waals surface area contributed by atoms with Gasteiger partial charge in [0.1, 0.15) is 28.7 Å². The second kappa shape index (κ2) is 8.03. The van der Waals surface area contributed by atoms with Crippen LogP contribution in [0.4, 0.5) is 14.5 Å². The first-order valence-electron chi connectivity index (χ1n) is 8.58. The molecule has 1 aliphatic carbocycles. The van der Waals surface area contributed by atoms with E-state index >= 15 is 0 Å². The summed E-state index contributed by atoms with van der Waals surface area (Å²) in [6.07, 6.45) is 5.19. The Morgan fingerprint density at radius 1 is 0.885 bits per heavy atom. The van der Waals surface area contributed by atoms with E-state index in [2.05, 4.69) is 15.6 Å². The van der Waals surface area contributed by atoms with Gasteiger partial charge in [0.15, 0.2) is 0 Å². The van der Waals surface area contributed by atoms with Gasteiger partial charge in [-0.2, -0.15) is 0 Å². The number of nitrogens with one attached hydrogen (secondary N) is 2. The number of para-hydroxylation sites is 1. The fourth-order valence-electron chi connectivity index (χ4n) is 2.99. The van der Waals surface area contributed by atoms with Crippen LogP contribution in [0, 0.1) is 11.6 Å². The van der Waals surface area contributed by atoms with Crippen LogP contribution in [-0.4, -0.2) is 22.8 Å². The number of carbonyl (C=O) groups is 2. The van der Waals surface area contributed by atoms with Gasteiger partial charge in [0, 0.05) is 6.04 Å². The standard InChI is InChI=1S/C19H19F2N3O2/c20-13-8-4-9-14(21)17(13)24-19(26)16-11-5-10-15(23-16)18(25)22-12-6-2-1-3-7-12/h4-5,8-12H,1-3,6-7H2,(H,22,25)(H,24,26). The molecular formula is C19H19F2N3O2. The summed E-state index contributed by atoms with van der Waals surface area (Å²) in [6.45, 7) is 0. The first kappa shape index (κ1) is 18.0. The Bertz CT molecular complexity index is 800. The van der Waals surface area contributed by atoms with Crippen molar-refractivity contribution in [3.8, 4) is 0 Å². The number of amides is 2. The van der Waals surface area contributed by atoms with Crippen LogP contribution >= 0.6 is 0 Å². The van der Waals surface area contributed by atoms with Crippen LogP contribution in [0.3, 0.4) is 0 Å². The Kier molecular flexibility index (Phi) is 5.55. The van der Waals surface area contributed by atoms with E-state index in [0.29, 0.717) is 0 Å². The Hall–Kier alpha value is -2.83. The zero-order valence-electron chi connectivity index (χ0n) is 14.1. The molecule has 2 N–H and O–H groups in total. The molecule has 0 spiro atoms. The predicted molar refractivity (Wildman–Crippen MR) is 92.9 cm³/mol. The number of rotatable bonds is 4. The van der Waals surface area contributed by atoms with Crippen LogP contribution in [0.25, 0.3) is 0 Å². The molecule has 2 aromatic rings. The van der Waals surface area contributed by atoms with Crippen molar-refractivity contribution in [2.24, 2.45) is 0 Å². The van der Waals surface area contributed by atoms with Crippen LogP contribution in [0.15, 0.2) is 36.4 Å². The van der Waals surface area contributed by atoms with E-state index in [1.54, 1.807) is 0 Å². The Morgan fingerprint density at radius 2 is 1.46 bits per heavy atom. The zero-order valence-corrected chi connectivity index (χ0v) is 14.1. The highest BCUT2D eigenvalue weighted by molar-refractivity contribution is 6.04. The molecule has 0 aliphatic heterocycles. The van der Waals surface area contributed by atoms with Gasteiger partial charge in [0.2, 0.25) is 0 Å². The molecule has 1 aliphatic rings. The summed E-state index contributed by atoms with van der Waals surface area (Å²) in [4.78, 5) is 28.6.